The molecule has 1 unspecified atom stereocenters. The van der Waals surface area contributed by atoms with Gasteiger partial charge < -0.3 is 14.5 Å². The Kier molecular flexibility index (Phi) is 5.86. The van der Waals surface area contributed by atoms with E-state index in [4.69, 9.17) is 26.2 Å². The van der Waals surface area contributed by atoms with E-state index in [-0.39, 0.29) is 12.4 Å². The van der Waals surface area contributed by atoms with Crippen LogP contribution in [0.25, 0.3) is 10.9 Å². The predicted octanol–water partition coefficient (Wildman–Crippen LogP) is 5.73. The number of esters is 1. The normalized spacial score (nSPS) is 15.5. The minimum atomic E-state index is -0.500. The van der Waals surface area contributed by atoms with Gasteiger partial charge in [-0.2, -0.15) is 0 Å². The molecule has 0 fully saturated rings. The number of anilines is 2. The fourth-order valence-electron chi connectivity index (χ4n) is 4.14. The predicted molar refractivity (Wildman–Crippen MR) is 135 cm³/mol. The van der Waals surface area contributed by atoms with E-state index in [1.54, 1.807) is 26.2 Å². The highest BCUT2D eigenvalue weighted by Crippen LogP contribution is 2.42. The van der Waals surface area contributed by atoms with Crippen molar-refractivity contribution in [2.45, 2.75) is 13.1 Å². The summed E-state index contributed by atoms with van der Waals surface area (Å²) in [6, 6.07) is 22.9. The highest BCUT2D eigenvalue weighted by molar-refractivity contribution is 6.42. The molecule has 0 bridgehead atoms. The summed E-state index contributed by atoms with van der Waals surface area (Å²) in [5.74, 6) is 0.410. The molecule has 1 N–H and O–H groups in total. The Balaban J connectivity index is 1.71. The quantitative estimate of drug-likeness (QED) is 0.361. The number of H-pyrrole nitrogens is 1. The Hall–Kier alpha value is -3.97. The second-order valence-electron chi connectivity index (χ2n) is 7.70. The number of aromatic amines is 1. The van der Waals surface area contributed by atoms with Crippen LogP contribution in [0.4, 0.5) is 11.4 Å². The lowest BCUT2D eigenvalue weighted by atomic mass is 10.1. The molecule has 0 saturated carbocycles. The van der Waals surface area contributed by atoms with Crippen LogP contribution in [-0.4, -0.2) is 30.5 Å². The van der Waals surface area contributed by atoms with Crippen LogP contribution in [0.5, 0.6) is 5.75 Å². The van der Waals surface area contributed by atoms with E-state index in [1.165, 1.54) is 0 Å². The van der Waals surface area contributed by atoms with E-state index >= 15 is 0 Å². The molecular formula is C26H23ClN4O3. The fraction of sp³-hybridized carbons (Fsp3) is 0.154. The van der Waals surface area contributed by atoms with Crippen molar-refractivity contribution < 1.29 is 14.3 Å². The van der Waals surface area contributed by atoms with Gasteiger partial charge in [0.1, 0.15) is 5.75 Å². The lowest BCUT2D eigenvalue weighted by molar-refractivity contribution is -0.135. The summed E-state index contributed by atoms with van der Waals surface area (Å²) < 4.78 is 10.7. The van der Waals surface area contributed by atoms with Gasteiger partial charge in [0, 0.05) is 33.4 Å². The summed E-state index contributed by atoms with van der Waals surface area (Å²) in [4.78, 5) is 18.3. The van der Waals surface area contributed by atoms with Crippen LogP contribution >= 0.6 is 11.6 Å². The fourth-order valence-corrected chi connectivity index (χ4v) is 4.27. The molecule has 7 nitrogen and oxygen atoms in total. The third kappa shape index (κ3) is 3.84. The van der Waals surface area contributed by atoms with Gasteiger partial charge in [-0.1, -0.05) is 29.8 Å². The first-order valence-electron chi connectivity index (χ1n) is 10.9. The average Bonchev–Trinajstić information content (AvgIpc) is 3.46. The third-order valence-electron chi connectivity index (χ3n) is 5.71. The molecular weight excluding hydrogens is 452 g/mol. The number of rotatable bonds is 6. The van der Waals surface area contributed by atoms with Crippen molar-refractivity contribution in [3.8, 4) is 5.75 Å². The van der Waals surface area contributed by atoms with Crippen molar-refractivity contribution in [1.29, 1.82) is 0 Å². The minimum absolute atomic E-state index is 0.192. The number of aromatic nitrogens is 1. The van der Waals surface area contributed by atoms with Gasteiger partial charge >= 0.3 is 5.97 Å². The number of amidine groups is 1. The number of hydrogen-bond acceptors (Lipinski definition) is 6. The molecule has 1 aliphatic heterocycles. The Morgan fingerprint density at radius 1 is 1.03 bits per heavy atom. The molecule has 0 amide bonds. The summed E-state index contributed by atoms with van der Waals surface area (Å²) in [5, 5.41) is 8.24. The van der Waals surface area contributed by atoms with Crippen LogP contribution in [-0.2, 0) is 9.53 Å². The number of carbonyl (C=O) groups excluding carboxylic acids is 1. The first-order valence-corrected chi connectivity index (χ1v) is 11.3. The number of carbonyl (C=O) groups is 1. The molecule has 4 aromatic rings. The van der Waals surface area contributed by atoms with Gasteiger partial charge in [-0.25, -0.2) is 9.80 Å². The summed E-state index contributed by atoms with van der Waals surface area (Å²) in [6.45, 7) is 2.02. The van der Waals surface area contributed by atoms with E-state index in [9.17, 15) is 4.79 Å². The van der Waals surface area contributed by atoms with Gasteiger partial charge in [-0.3, -0.25) is 4.90 Å². The first-order chi connectivity index (χ1) is 16.6. The van der Waals surface area contributed by atoms with Gasteiger partial charge in [-0.05, 0) is 61.5 Å². The zero-order chi connectivity index (χ0) is 23.7. The van der Waals surface area contributed by atoms with Crippen molar-refractivity contribution in [3.05, 3.63) is 89.6 Å². The number of halogens is 1. The van der Waals surface area contributed by atoms with Crippen molar-refractivity contribution >= 4 is 45.7 Å². The van der Waals surface area contributed by atoms with Crippen LogP contribution in [0.15, 0.2) is 84.1 Å². The number of methoxy groups -OCH3 is 1. The van der Waals surface area contributed by atoms with Gasteiger partial charge in [0.15, 0.2) is 6.17 Å². The molecule has 2 heterocycles. The average molecular weight is 475 g/mol. The van der Waals surface area contributed by atoms with Crippen LogP contribution in [0, 0.1) is 0 Å². The van der Waals surface area contributed by atoms with E-state index in [1.807, 2.05) is 70.7 Å². The van der Waals surface area contributed by atoms with Gasteiger partial charge in [0.25, 0.3) is 0 Å². The van der Waals surface area contributed by atoms with E-state index in [0.717, 1.165) is 33.6 Å². The molecule has 1 aromatic heterocycles. The Morgan fingerprint density at radius 3 is 2.44 bits per heavy atom. The maximum Gasteiger partial charge on any atom is 0.376 e. The Labute approximate surface area is 202 Å². The second kappa shape index (κ2) is 9.11. The second-order valence-corrected chi connectivity index (χ2v) is 8.13. The summed E-state index contributed by atoms with van der Waals surface area (Å²) >= 11 is 6.15. The van der Waals surface area contributed by atoms with Gasteiger partial charge in [0.2, 0.25) is 5.84 Å². The van der Waals surface area contributed by atoms with Crippen LogP contribution in [0.3, 0.4) is 0 Å². The van der Waals surface area contributed by atoms with Gasteiger partial charge in [0.05, 0.1) is 19.4 Å². The molecule has 0 spiro atoms. The lowest BCUT2D eigenvalue weighted by Crippen LogP contribution is -2.39. The van der Waals surface area contributed by atoms with Crippen molar-refractivity contribution in [2.75, 3.05) is 23.6 Å². The molecule has 172 valence electrons. The molecule has 0 radical (unpaired) electrons. The Morgan fingerprint density at radius 2 is 1.74 bits per heavy atom. The SMILES string of the molecule is CCOC(=O)C1=NN(c2ccc(Cl)cc2)C(c2c[nH]c3ccccc23)N1c1ccc(OC)cc1. The molecule has 1 aliphatic rings. The zero-order valence-corrected chi connectivity index (χ0v) is 19.5. The monoisotopic (exact) mass is 474 g/mol. The van der Waals surface area contributed by atoms with Crippen LogP contribution in [0.1, 0.15) is 18.7 Å². The number of nitrogens with one attached hydrogen (secondary N) is 1. The zero-order valence-electron chi connectivity index (χ0n) is 18.7. The van der Waals surface area contributed by atoms with E-state index in [0.29, 0.717) is 5.02 Å². The number of hydrogen-bond donors (Lipinski definition) is 1. The van der Waals surface area contributed by atoms with Crippen LogP contribution in [0.2, 0.25) is 5.02 Å². The lowest BCUT2D eigenvalue weighted by Gasteiger charge is -2.31. The summed E-state index contributed by atoms with van der Waals surface area (Å²) in [5.41, 5.74) is 3.52. The summed E-state index contributed by atoms with van der Waals surface area (Å²) in [7, 11) is 1.62. The van der Waals surface area contributed by atoms with Gasteiger partial charge in [-0.15, -0.1) is 5.10 Å². The highest BCUT2D eigenvalue weighted by Gasteiger charge is 2.42. The molecule has 3 aromatic carbocycles. The maximum atomic E-state index is 13.1. The molecule has 0 saturated heterocycles. The Bertz CT molecular complexity index is 1350. The number of fused-ring (bicyclic) bond motifs is 1. The standard InChI is InChI=1S/C26H23ClN4O3/c1-3-34-26(32)24-29-31(19-10-8-17(27)9-11-19)25(22-16-28-23-7-5-4-6-21(22)23)30(24)18-12-14-20(33-2)15-13-18/h4-16,25,28H,3H2,1-2H3. The molecule has 0 aliphatic carbocycles. The number of para-hydroxylation sites is 1. The minimum Gasteiger partial charge on any atom is -0.497 e. The number of ether oxygens (including phenoxy) is 2. The number of nitrogens with zero attached hydrogens (tertiary/aromatic N) is 3. The molecule has 1 atom stereocenters. The number of hydrazone groups is 1. The first kappa shape index (κ1) is 21.9. The third-order valence-corrected chi connectivity index (χ3v) is 5.96. The largest absolute Gasteiger partial charge is 0.497 e. The summed E-state index contributed by atoms with van der Waals surface area (Å²) in [6.07, 6.45) is 1.50. The topological polar surface area (TPSA) is 70.2 Å². The molecule has 34 heavy (non-hydrogen) atoms. The van der Waals surface area contributed by atoms with E-state index in [2.05, 4.69) is 11.1 Å². The van der Waals surface area contributed by atoms with E-state index < -0.39 is 12.1 Å². The van der Waals surface area contributed by atoms with Crippen LogP contribution < -0.4 is 14.6 Å². The molecule has 5 rings (SSSR count). The van der Waals surface area contributed by atoms with Crippen molar-refractivity contribution in [3.63, 3.8) is 0 Å². The van der Waals surface area contributed by atoms with Crippen molar-refractivity contribution in [2.24, 2.45) is 5.10 Å². The molecule has 8 heteroatoms. The highest BCUT2D eigenvalue weighted by atomic mass is 35.5. The smallest absolute Gasteiger partial charge is 0.376 e. The van der Waals surface area contributed by atoms with Crippen molar-refractivity contribution in [1.82, 2.24) is 4.98 Å². The number of benzene rings is 3. The maximum absolute atomic E-state index is 13.1.